The quantitative estimate of drug-likeness (QED) is 0.305. The molecule has 0 radical (unpaired) electrons. The molecule has 0 aromatic heterocycles. The second kappa shape index (κ2) is 2.61. The first-order valence-corrected chi connectivity index (χ1v) is 3.00. The molecule has 0 saturated carbocycles. The van der Waals surface area contributed by atoms with Crippen LogP contribution in [0.5, 0.6) is 0 Å². The second-order valence-electron chi connectivity index (χ2n) is 2.18. The number of carbonyl (C=O) groups is 2. The fourth-order valence-corrected chi connectivity index (χ4v) is 0.799. The molecule has 0 atom stereocenters. The lowest BCUT2D eigenvalue weighted by Gasteiger charge is -2.01. The number of Topliss-reactive ketones (excluding diaryl/α,β-unsaturated/α-hetero) is 2. The summed E-state index contributed by atoms with van der Waals surface area (Å²) in [7, 11) is 0. The van der Waals surface area contributed by atoms with E-state index in [0.29, 0.717) is 0 Å². The number of hydrogen-bond donors (Lipinski definition) is 0. The zero-order valence-electron chi connectivity index (χ0n) is 5.57. The molecule has 11 heavy (non-hydrogen) atoms. The van der Waals surface area contributed by atoms with Crippen LogP contribution >= 0.6 is 0 Å². The molecular weight excluding hydrogens is 150 g/mol. The van der Waals surface area contributed by atoms with Crippen LogP contribution in [0.3, 0.4) is 0 Å². The van der Waals surface area contributed by atoms with E-state index in [2.05, 4.69) is 0 Å². The Morgan fingerprint density at radius 1 is 1.36 bits per heavy atom. The summed E-state index contributed by atoms with van der Waals surface area (Å²) in [6, 6.07) is 0. The van der Waals surface area contributed by atoms with Crippen LogP contribution in [0, 0.1) is 10.1 Å². The number of allylic oxidation sites excluding steroid dienone is 2. The molecule has 1 aliphatic rings. The maximum absolute atomic E-state index is 10.6. The standard InChI is InChI=1S/C6H5NO4/c8-5-2-1-4(7(10)11)3-6(5)9/h1H,2-3H2. The molecule has 5 nitrogen and oxygen atoms in total. The Balaban J connectivity index is 2.82. The van der Waals surface area contributed by atoms with Crippen molar-refractivity contribution in [2.45, 2.75) is 12.8 Å². The SMILES string of the molecule is O=C1CC=C([N+](=O)[O-])CC1=O. The van der Waals surface area contributed by atoms with E-state index in [4.69, 9.17) is 0 Å². The summed E-state index contributed by atoms with van der Waals surface area (Å²) in [5, 5.41) is 10.1. The van der Waals surface area contributed by atoms with Gasteiger partial charge in [-0.2, -0.15) is 0 Å². The third-order valence-corrected chi connectivity index (χ3v) is 1.41. The Morgan fingerprint density at radius 2 is 2.00 bits per heavy atom. The minimum atomic E-state index is -0.667. The van der Waals surface area contributed by atoms with E-state index in [1.807, 2.05) is 0 Å². The molecule has 0 unspecified atom stereocenters. The third-order valence-electron chi connectivity index (χ3n) is 1.41. The Kier molecular flexibility index (Phi) is 1.80. The van der Waals surface area contributed by atoms with Crippen molar-refractivity contribution in [3.05, 3.63) is 21.9 Å². The van der Waals surface area contributed by atoms with Gasteiger partial charge in [-0.15, -0.1) is 0 Å². The van der Waals surface area contributed by atoms with Gasteiger partial charge in [-0.3, -0.25) is 19.7 Å². The smallest absolute Gasteiger partial charge is 0.250 e. The summed E-state index contributed by atoms with van der Waals surface area (Å²) in [5.74, 6) is -1.21. The molecular formula is C6H5NO4. The molecule has 1 rings (SSSR count). The van der Waals surface area contributed by atoms with E-state index < -0.39 is 16.5 Å². The lowest BCUT2D eigenvalue weighted by atomic mass is 10.0. The van der Waals surface area contributed by atoms with Crippen molar-refractivity contribution in [3.8, 4) is 0 Å². The van der Waals surface area contributed by atoms with Gasteiger partial charge in [0.25, 0.3) is 5.70 Å². The summed E-state index contributed by atoms with van der Waals surface area (Å²) in [4.78, 5) is 30.6. The first kappa shape index (κ1) is 7.59. The van der Waals surface area contributed by atoms with E-state index in [1.54, 1.807) is 0 Å². The number of nitro groups is 1. The van der Waals surface area contributed by atoms with Crippen LogP contribution in [0.15, 0.2) is 11.8 Å². The number of carbonyl (C=O) groups excluding carboxylic acids is 2. The topological polar surface area (TPSA) is 77.3 Å². The van der Waals surface area contributed by atoms with Crippen LogP contribution < -0.4 is 0 Å². The normalized spacial score (nSPS) is 18.0. The highest BCUT2D eigenvalue weighted by Crippen LogP contribution is 2.11. The van der Waals surface area contributed by atoms with E-state index in [9.17, 15) is 19.7 Å². The van der Waals surface area contributed by atoms with Gasteiger partial charge in [0.15, 0.2) is 0 Å². The molecule has 0 heterocycles. The Morgan fingerprint density at radius 3 is 2.45 bits per heavy atom. The predicted molar refractivity (Wildman–Crippen MR) is 34.3 cm³/mol. The van der Waals surface area contributed by atoms with Gasteiger partial charge in [0.1, 0.15) is 6.42 Å². The van der Waals surface area contributed by atoms with Crippen molar-refractivity contribution in [2.75, 3.05) is 0 Å². The first-order valence-electron chi connectivity index (χ1n) is 3.00. The molecule has 0 aromatic rings. The average molecular weight is 155 g/mol. The largest absolute Gasteiger partial charge is 0.291 e. The molecule has 0 bridgehead atoms. The van der Waals surface area contributed by atoms with E-state index in [0.717, 1.165) is 0 Å². The van der Waals surface area contributed by atoms with Crippen LogP contribution in [0.1, 0.15) is 12.8 Å². The minimum Gasteiger partial charge on any atom is -0.291 e. The van der Waals surface area contributed by atoms with Gasteiger partial charge in [0.2, 0.25) is 11.6 Å². The highest BCUT2D eigenvalue weighted by molar-refractivity contribution is 6.38. The summed E-state index contributed by atoms with van der Waals surface area (Å²) in [6.45, 7) is 0. The summed E-state index contributed by atoms with van der Waals surface area (Å²) in [5.41, 5.74) is -0.172. The van der Waals surface area contributed by atoms with Gasteiger partial charge < -0.3 is 0 Å². The zero-order valence-corrected chi connectivity index (χ0v) is 5.57. The monoisotopic (exact) mass is 155 g/mol. The van der Waals surface area contributed by atoms with Gasteiger partial charge in [0, 0.05) is 6.42 Å². The van der Waals surface area contributed by atoms with E-state index >= 15 is 0 Å². The Labute approximate surface area is 61.8 Å². The fraction of sp³-hybridized carbons (Fsp3) is 0.333. The molecule has 0 fully saturated rings. The van der Waals surface area contributed by atoms with Gasteiger partial charge in [-0.25, -0.2) is 0 Å². The van der Waals surface area contributed by atoms with Crippen molar-refractivity contribution >= 4 is 11.6 Å². The van der Waals surface area contributed by atoms with Crippen molar-refractivity contribution in [1.82, 2.24) is 0 Å². The van der Waals surface area contributed by atoms with Crippen LogP contribution in [-0.4, -0.2) is 16.5 Å². The average Bonchev–Trinajstić information content (AvgIpc) is 1.94. The van der Waals surface area contributed by atoms with Crippen molar-refractivity contribution in [2.24, 2.45) is 0 Å². The van der Waals surface area contributed by atoms with E-state index in [-0.39, 0.29) is 18.5 Å². The first-order chi connectivity index (χ1) is 5.11. The van der Waals surface area contributed by atoms with Crippen molar-refractivity contribution < 1.29 is 14.5 Å². The fourth-order valence-electron chi connectivity index (χ4n) is 0.799. The molecule has 58 valence electrons. The molecule has 1 aliphatic carbocycles. The Hall–Kier alpha value is -1.52. The highest BCUT2D eigenvalue weighted by atomic mass is 16.6. The van der Waals surface area contributed by atoms with Crippen LogP contribution in [0.25, 0.3) is 0 Å². The maximum atomic E-state index is 10.6. The van der Waals surface area contributed by atoms with Crippen molar-refractivity contribution in [1.29, 1.82) is 0 Å². The second-order valence-corrected chi connectivity index (χ2v) is 2.18. The molecule has 0 saturated heterocycles. The minimum absolute atomic E-state index is 0.130. The molecule has 0 amide bonds. The molecule has 0 spiro atoms. The van der Waals surface area contributed by atoms with Crippen LogP contribution in [0.2, 0.25) is 0 Å². The Bertz CT molecular complexity index is 266. The number of rotatable bonds is 1. The number of nitrogens with zero attached hydrogens (tertiary/aromatic N) is 1. The maximum Gasteiger partial charge on any atom is 0.250 e. The zero-order chi connectivity index (χ0) is 8.43. The summed E-state index contributed by atoms with van der Waals surface area (Å²) >= 11 is 0. The van der Waals surface area contributed by atoms with Gasteiger partial charge in [0.05, 0.1) is 4.92 Å². The molecule has 0 aliphatic heterocycles. The number of ketones is 2. The van der Waals surface area contributed by atoms with E-state index in [1.165, 1.54) is 6.08 Å². The molecule has 0 aromatic carbocycles. The van der Waals surface area contributed by atoms with Gasteiger partial charge in [-0.05, 0) is 6.08 Å². The number of hydrogen-bond acceptors (Lipinski definition) is 4. The highest BCUT2D eigenvalue weighted by Gasteiger charge is 2.26. The molecule has 0 N–H and O–H groups in total. The summed E-state index contributed by atoms with van der Waals surface area (Å²) in [6.07, 6.45) is 0.699. The van der Waals surface area contributed by atoms with Crippen LogP contribution in [-0.2, 0) is 9.59 Å². The van der Waals surface area contributed by atoms with Gasteiger partial charge in [-0.1, -0.05) is 0 Å². The predicted octanol–water partition coefficient (Wildman–Crippen LogP) is 0.0790. The lowest BCUT2D eigenvalue weighted by Crippen LogP contribution is -2.20. The summed E-state index contributed by atoms with van der Waals surface area (Å²) < 4.78 is 0. The lowest BCUT2D eigenvalue weighted by molar-refractivity contribution is -0.427. The van der Waals surface area contributed by atoms with Crippen LogP contribution in [0.4, 0.5) is 0 Å². The van der Waals surface area contributed by atoms with Crippen molar-refractivity contribution in [3.63, 3.8) is 0 Å². The third kappa shape index (κ3) is 1.49. The molecule has 5 heteroatoms. The van der Waals surface area contributed by atoms with Gasteiger partial charge >= 0.3 is 0 Å².